The predicted octanol–water partition coefficient (Wildman–Crippen LogP) is 1.86. The van der Waals surface area contributed by atoms with Gasteiger partial charge in [0.1, 0.15) is 11.8 Å². The van der Waals surface area contributed by atoms with Gasteiger partial charge in [-0.15, -0.1) is 0 Å². The van der Waals surface area contributed by atoms with Gasteiger partial charge in [0.25, 0.3) is 0 Å². The minimum Gasteiger partial charge on any atom is -0.496 e. The third-order valence-corrected chi connectivity index (χ3v) is 2.31. The molecule has 0 radical (unpaired) electrons. The fraction of sp³-hybridized carbons (Fsp3) is 0.0909. The third-order valence-electron chi connectivity index (χ3n) is 2.31. The van der Waals surface area contributed by atoms with E-state index < -0.39 is 0 Å². The minimum atomic E-state index is 0.425. The number of H-pyrrole nitrogens is 1. The smallest absolute Gasteiger partial charge is 0.154 e. The van der Waals surface area contributed by atoms with Crippen LogP contribution in [0.4, 0.5) is 0 Å². The van der Waals surface area contributed by atoms with Crippen molar-refractivity contribution in [1.82, 2.24) is 4.98 Å². The number of nitrogens with one attached hydrogen (secondary N) is 1. The Morgan fingerprint density at radius 2 is 2.40 bits per heavy atom. The van der Waals surface area contributed by atoms with Crippen molar-refractivity contribution in [3.05, 3.63) is 29.5 Å². The molecular formula is C11H8N2O2. The summed E-state index contributed by atoms with van der Waals surface area (Å²) in [4.78, 5) is 13.8. The van der Waals surface area contributed by atoms with Crippen LogP contribution in [0.25, 0.3) is 10.9 Å². The van der Waals surface area contributed by atoms with Crippen molar-refractivity contribution in [3.63, 3.8) is 0 Å². The number of aldehydes is 1. The standard InChI is InChI=1S/C11H8N2O2/c1-15-10-4-7(5-12)11-8(2-3-13-11)9(10)6-14/h2-4,6,13H,1H3. The highest BCUT2D eigenvalue weighted by molar-refractivity contribution is 6.01. The quantitative estimate of drug-likeness (QED) is 0.752. The largest absolute Gasteiger partial charge is 0.496 e. The molecule has 1 aromatic carbocycles. The van der Waals surface area contributed by atoms with E-state index >= 15 is 0 Å². The SMILES string of the molecule is COc1cc(C#N)c2[nH]ccc2c1C=O. The monoisotopic (exact) mass is 200 g/mol. The molecule has 0 fully saturated rings. The van der Waals surface area contributed by atoms with Crippen molar-refractivity contribution >= 4 is 17.2 Å². The maximum Gasteiger partial charge on any atom is 0.154 e. The van der Waals surface area contributed by atoms with Gasteiger partial charge in [-0.1, -0.05) is 0 Å². The molecule has 0 bridgehead atoms. The van der Waals surface area contributed by atoms with E-state index in [-0.39, 0.29) is 0 Å². The molecule has 4 heteroatoms. The second-order valence-corrected chi connectivity index (χ2v) is 3.04. The number of ether oxygens (including phenoxy) is 1. The number of methoxy groups -OCH3 is 1. The normalized spacial score (nSPS) is 9.87. The Morgan fingerprint density at radius 3 is 3.00 bits per heavy atom. The van der Waals surface area contributed by atoms with Crippen molar-refractivity contribution in [1.29, 1.82) is 5.26 Å². The molecule has 4 nitrogen and oxygen atoms in total. The second kappa shape index (κ2) is 3.46. The van der Waals surface area contributed by atoms with E-state index in [9.17, 15) is 4.79 Å². The lowest BCUT2D eigenvalue weighted by Crippen LogP contribution is -1.93. The van der Waals surface area contributed by atoms with E-state index in [1.165, 1.54) is 7.11 Å². The zero-order valence-corrected chi connectivity index (χ0v) is 8.07. The minimum absolute atomic E-state index is 0.425. The molecule has 0 aliphatic rings. The van der Waals surface area contributed by atoms with Gasteiger partial charge in [0, 0.05) is 17.6 Å². The number of rotatable bonds is 2. The van der Waals surface area contributed by atoms with Gasteiger partial charge in [-0.25, -0.2) is 0 Å². The third kappa shape index (κ3) is 1.25. The number of aromatic nitrogens is 1. The molecule has 2 aromatic rings. The molecule has 1 aromatic heterocycles. The van der Waals surface area contributed by atoms with Crippen molar-refractivity contribution < 1.29 is 9.53 Å². The molecule has 1 heterocycles. The van der Waals surface area contributed by atoms with Crippen LogP contribution in [0.2, 0.25) is 0 Å². The first-order valence-corrected chi connectivity index (χ1v) is 4.35. The molecule has 0 aliphatic carbocycles. The highest BCUT2D eigenvalue weighted by Gasteiger charge is 2.12. The van der Waals surface area contributed by atoms with Gasteiger partial charge >= 0.3 is 0 Å². The maximum absolute atomic E-state index is 10.9. The van der Waals surface area contributed by atoms with Crippen molar-refractivity contribution in [3.8, 4) is 11.8 Å². The van der Waals surface area contributed by atoms with E-state index in [1.807, 2.05) is 0 Å². The van der Waals surface area contributed by atoms with E-state index in [0.29, 0.717) is 27.8 Å². The Morgan fingerprint density at radius 1 is 1.60 bits per heavy atom. The van der Waals surface area contributed by atoms with Gasteiger partial charge in [0.2, 0.25) is 0 Å². The molecule has 1 N–H and O–H groups in total. The van der Waals surface area contributed by atoms with E-state index in [2.05, 4.69) is 11.1 Å². The number of nitriles is 1. The molecule has 2 rings (SSSR count). The molecule has 0 spiro atoms. The van der Waals surface area contributed by atoms with Crippen LogP contribution in [0.15, 0.2) is 18.3 Å². The first-order chi connectivity index (χ1) is 7.31. The molecule has 0 aliphatic heterocycles. The highest BCUT2D eigenvalue weighted by atomic mass is 16.5. The lowest BCUT2D eigenvalue weighted by Gasteiger charge is -2.05. The summed E-state index contributed by atoms with van der Waals surface area (Å²) in [6, 6.07) is 5.37. The molecule has 0 saturated heterocycles. The lowest BCUT2D eigenvalue weighted by molar-refractivity contribution is 0.112. The van der Waals surface area contributed by atoms with Gasteiger partial charge in [-0.05, 0) is 6.07 Å². The summed E-state index contributed by atoms with van der Waals surface area (Å²) < 4.78 is 5.06. The predicted molar refractivity (Wildman–Crippen MR) is 55.0 cm³/mol. The Hall–Kier alpha value is -2.28. The number of fused-ring (bicyclic) bond motifs is 1. The average molecular weight is 200 g/mol. The van der Waals surface area contributed by atoms with Gasteiger partial charge in [-0.3, -0.25) is 4.79 Å². The summed E-state index contributed by atoms with van der Waals surface area (Å²) in [6.07, 6.45) is 2.42. The molecule has 0 amide bonds. The fourth-order valence-electron chi connectivity index (χ4n) is 1.61. The van der Waals surface area contributed by atoms with Gasteiger partial charge in [0.05, 0.1) is 23.8 Å². The summed E-state index contributed by atoms with van der Waals surface area (Å²) >= 11 is 0. The van der Waals surface area contributed by atoms with Gasteiger partial charge in [-0.2, -0.15) is 5.26 Å². The van der Waals surface area contributed by atoms with E-state index in [1.54, 1.807) is 18.3 Å². The zero-order valence-electron chi connectivity index (χ0n) is 8.07. The van der Waals surface area contributed by atoms with Crippen molar-refractivity contribution in [2.45, 2.75) is 0 Å². The van der Waals surface area contributed by atoms with Crippen molar-refractivity contribution in [2.75, 3.05) is 7.11 Å². The number of hydrogen-bond acceptors (Lipinski definition) is 3. The van der Waals surface area contributed by atoms with Crippen LogP contribution in [0.3, 0.4) is 0 Å². The molecule has 74 valence electrons. The number of benzene rings is 1. The summed E-state index contributed by atoms with van der Waals surface area (Å²) in [6.45, 7) is 0. The van der Waals surface area contributed by atoms with Crippen LogP contribution >= 0.6 is 0 Å². The van der Waals surface area contributed by atoms with Crippen LogP contribution in [-0.2, 0) is 0 Å². The van der Waals surface area contributed by atoms with Crippen LogP contribution < -0.4 is 4.74 Å². The first kappa shape index (κ1) is 9.28. The zero-order chi connectivity index (χ0) is 10.8. The first-order valence-electron chi connectivity index (χ1n) is 4.35. The Kier molecular flexibility index (Phi) is 2.14. The maximum atomic E-state index is 10.9. The molecule has 0 atom stereocenters. The number of carbonyl (C=O) groups is 1. The Bertz CT molecular complexity index is 564. The summed E-state index contributed by atoms with van der Waals surface area (Å²) in [5.74, 6) is 0.425. The number of carbonyl (C=O) groups excluding carboxylic acids is 1. The lowest BCUT2D eigenvalue weighted by atomic mass is 10.1. The molecular weight excluding hydrogens is 192 g/mol. The van der Waals surface area contributed by atoms with Crippen LogP contribution in [0.1, 0.15) is 15.9 Å². The molecule has 15 heavy (non-hydrogen) atoms. The van der Waals surface area contributed by atoms with Crippen LogP contribution in [-0.4, -0.2) is 18.4 Å². The summed E-state index contributed by atoms with van der Waals surface area (Å²) in [7, 11) is 1.47. The number of hydrogen-bond donors (Lipinski definition) is 1. The van der Waals surface area contributed by atoms with Crippen LogP contribution in [0.5, 0.6) is 5.75 Å². The van der Waals surface area contributed by atoms with Crippen LogP contribution in [0, 0.1) is 11.3 Å². The summed E-state index contributed by atoms with van der Waals surface area (Å²) in [5.41, 5.74) is 1.60. The van der Waals surface area contributed by atoms with E-state index in [4.69, 9.17) is 10.00 Å². The van der Waals surface area contributed by atoms with Gasteiger partial charge < -0.3 is 9.72 Å². The fourth-order valence-corrected chi connectivity index (χ4v) is 1.61. The Balaban J connectivity index is 2.92. The Labute approximate surface area is 86.1 Å². The highest BCUT2D eigenvalue weighted by Crippen LogP contribution is 2.28. The number of aromatic amines is 1. The van der Waals surface area contributed by atoms with Gasteiger partial charge in [0.15, 0.2) is 6.29 Å². The van der Waals surface area contributed by atoms with Crippen molar-refractivity contribution in [2.24, 2.45) is 0 Å². The topological polar surface area (TPSA) is 65.9 Å². The number of nitrogens with zero attached hydrogens (tertiary/aromatic N) is 1. The average Bonchev–Trinajstić information content (AvgIpc) is 2.75. The van der Waals surface area contributed by atoms with E-state index in [0.717, 1.165) is 6.29 Å². The second-order valence-electron chi connectivity index (χ2n) is 3.04. The molecule has 0 unspecified atom stereocenters. The molecule has 0 saturated carbocycles. The summed E-state index contributed by atoms with van der Waals surface area (Å²) in [5, 5.41) is 9.63.